The Morgan fingerprint density at radius 2 is 2.31 bits per heavy atom. The zero-order valence-electron chi connectivity index (χ0n) is 7.28. The summed E-state index contributed by atoms with van der Waals surface area (Å²) in [7, 11) is 0. The highest BCUT2D eigenvalue weighted by Gasteiger charge is 2.15. The third kappa shape index (κ3) is 2.74. The summed E-state index contributed by atoms with van der Waals surface area (Å²) < 4.78 is 9.28. The number of hydrogen-bond donors (Lipinski definition) is 0. The maximum Gasteiger partial charge on any atom is 0.374 e. The van der Waals surface area contributed by atoms with Gasteiger partial charge in [-0.05, 0) is 18.6 Å². The molecule has 1 rings (SSSR count). The molecule has 0 radical (unpaired) electrons. The number of ether oxygens (including phenoxy) is 1. The maximum absolute atomic E-state index is 11.1. The average molecular weight is 182 g/mol. The van der Waals surface area contributed by atoms with Crippen molar-refractivity contribution in [3.05, 3.63) is 24.2 Å². The summed E-state index contributed by atoms with van der Waals surface area (Å²) in [6.07, 6.45) is 2.92. The third-order valence-electron chi connectivity index (χ3n) is 1.45. The highest BCUT2D eigenvalue weighted by Crippen LogP contribution is 2.01. The molecule has 0 aliphatic rings. The number of carbonyl (C=O) groups is 2. The molecule has 0 saturated carbocycles. The van der Waals surface area contributed by atoms with Crippen molar-refractivity contribution in [2.75, 3.05) is 6.61 Å². The van der Waals surface area contributed by atoms with Gasteiger partial charge in [0, 0.05) is 6.42 Å². The monoisotopic (exact) mass is 182 g/mol. The second-order valence-electron chi connectivity index (χ2n) is 2.45. The van der Waals surface area contributed by atoms with Crippen molar-refractivity contribution < 1.29 is 18.7 Å². The standard InChI is InChI=1S/C9H10O4/c1-2-13-9(11)8(10)5-7-3-4-12-6-7/h3-4,6H,2,5H2,1H3. The van der Waals surface area contributed by atoms with Crippen LogP contribution in [0.4, 0.5) is 0 Å². The van der Waals surface area contributed by atoms with Crippen molar-refractivity contribution in [3.8, 4) is 0 Å². The van der Waals surface area contributed by atoms with Gasteiger partial charge in [0.25, 0.3) is 0 Å². The van der Waals surface area contributed by atoms with Crippen LogP contribution in [0.2, 0.25) is 0 Å². The van der Waals surface area contributed by atoms with E-state index in [1.807, 2.05) is 0 Å². The molecule has 0 aliphatic carbocycles. The van der Waals surface area contributed by atoms with E-state index in [-0.39, 0.29) is 13.0 Å². The Morgan fingerprint density at radius 3 is 2.85 bits per heavy atom. The van der Waals surface area contributed by atoms with E-state index >= 15 is 0 Å². The van der Waals surface area contributed by atoms with Crippen LogP contribution in [0.3, 0.4) is 0 Å². The van der Waals surface area contributed by atoms with Crippen molar-refractivity contribution in [2.45, 2.75) is 13.3 Å². The topological polar surface area (TPSA) is 56.5 Å². The predicted molar refractivity (Wildman–Crippen MR) is 44.1 cm³/mol. The van der Waals surface area contributed by atoms with Crippen LogP contribution in [-0.4, -0.2) is 18.4 Å². The van der Waals surface area contributed by atoms with Crippen LogP contribution in [0, 0.1) is 0 Å². The molecule has 0 unspecified atom stereocenters. The van der Waals surface area contributed by atoms with Gasteiger partial charge in [-0.3, -0.25) is 4.79 Å². The Hall–Kier alpha value is -1.58. The molecule has 1 aromatic rings. The summed E-state index contributed by atoms with van der Waals surface area (Å²) >= 11 is 0. The maximum atomic E-state index is 11.1. The summed E-state index contributed by atoms with van der Waals surface area (Å²) in [6.45, 7) is 1.87. The fraction of sp³-hybridized carbons (Fsp3) is 0.333. The molecule has 4 nitrogen and oxygen atoms in total. The number of hydrogen-bond acceptors (Lipinski definition) is 4. The summed E-state index contributed by atoms with van der Waals surface area (Å²) in [4.78, 5) is 22.0. The lowest BCUT2D eigenvalue weighted by atomic mass is 10.2. The van der Waals surface area contributed by atoms with E-state index in [1.165, 1.54) is 12.5 Å². The van der Waals surface area contributed by atoms with Crippen molar-refractivity contribution in [1.82, 2.24) is 0 Å². The van der Waals surface area contributed by atoms with E-state index in [4.69, 9.17) is 4.42 Å². The summed E-state index contributed by atoms with van der Waals surface area (Å²) in [5.41, 5.74) is 0.679. The lowest BCUT2D eigenvalue weighted by molar-refractivity contribution is -0.153. The van der Waals surface area contributed by atoms with Crippen LogP contribution < -0.4 is 0 Å². The van der Waals surface area contributed by atoms with Crippen molar-refractivity contribution in [1.29, 1.82) is 0 Å². The first-order valence-corrected chi connectivity index (χ1v) is 3.95. The Bertz CT molecular complexity index is 287. The summed E-state index contributed by atoms with van der Waals surface area (Å²) in [5.74, 6) is -1.34. The number of Topliss-reactive ketones (excluding diaryl/α,β-unsaturated/α-hetero) is 1. The molecule has 0 spiro atoms. The van der Waals surface area contributed by atoms with E-state index in [0.29, 0.717) is 5.56 Å². The Labute approximate surface area is 75.5 Å². The second-order valence-corrected chi connectivity index (χ2v) is 2.45. The minimum atomic E-state index is -0.788. The number of esters is 1. The summed E-state index contributed by atoms with van der Waals surface area (Å²) in [5, 5.41) is 0. The minimum Gasteiger partial charge on any atom is -0.472 e. The van der Waals surface area contributed by atoms with E-state index in [1.54, 1.807) is 13.0 Å². The van der Waals surface area contributed by atoms with Gasteiger partial charge in [0.15, 0.2) is 0 Å². The number of carbonyl (C=O) groups excluding carboxylic acids is 2. The van der Waals surface area contributed by atoms with Gasteiger partial charge in [0.1, 0.15) is 0 Å². The van der Waals surface area contributed by atoms with Gasteiger partial charge in [-0.15, -0.1) is 0 Å². The average Bonchev–Trinajstić information content (AvgIpc) is 2.57. The molecule has 0 N–H and O–H groups in total. The quantitative estimate of drug-likeness (QED) is 0.514. The van der Waals surface area contributed by atoms with Gasteiger partial charge in [-0.25, -0.2) is 4.79 Å². The molecule has 0 fully saturated rings. The van der Waals surface area contributed by atoms with Gasteiger partial charge in [-0.2, -0.15) is 0 Å². The van der Waals surface area contributed by atoms with Gasteiger partial charge >= 0.3 is 5.97 Å². The second kappa shape index (κ2) is 4.45. The largest absolute Gasteiger partial charge is 0.472 e. The van der Waals surface area contributed by atoms with Gasteiger partial charge < -0.3 is 9.15 Å². The molecule has 0 aliphatic heterocycles. The van der Waals surface area contributed by atoms with Crippen LogP contribution in [0.1, 0.15) is 12.5 Å². The SMILES string of the molecule is CCOC(=O)C(=O)Cc1ccoc1. The lowest BCUT2D eigenvalue weighted by Gasteiger charge is -1.98. The van der Waals surface area contributed by atoms with Crippen LogP contribution >= 0.6 is 0 Å². The van der Waals surface area contributed by atoms with Crippen LogP contribution in [0.25, 0.3) is 0 Å². The van der Waals surface area contributed by atoms with Crippen molar-refractivity contribution >= 4 is 11.8 Å². The normalized spacial score (nSPS) is 9.62. The van der Waals surface area contributed by atoms with Gasteiger partial charge in [0.2, 0.25) is 5.78 Å². The Balaban J connectivity index is 2.46. The zero-order valence-corrected chi connectivity index (χ0v) is 7.28. The number of rotatable bonds is 4. The third-order valence-corrected chi connectivity index (χ3v) is 1.45. The minimum absolute atomic E-state index is 0.0370. The van der Waals surface area contributed by atoms with Crippen molar-refractivity contribution in [3.63, 3.8) is 0 Å². The fourth-order valence-corrected chi connectivity index (χ4v) is 0.862. The van der Waals surface area contributed by atoms with Crippen LogP contribution in [-0.2, 0) is 20.7 Å². The molecule has 0 bridgehead atoms. The molecular weight excluding hydrogens is 172 g/mol. The first kappa shape index (κ1) is 9.51. The molecular formula is C9H10O4. The van der Waals surface area contributed by atoms with Gasteiger partial charge in [0.05, 0.1) is 19.1 Å². The molecule has 0 aromatic carbocycles. The lowest BCUT2D eigenvalue weighted by Crippen LogP contribution is -2.19. The molecule has 1 heterocycles. The van der Waals surface area contributed by atoms with E-state index in [2.05, 4.69) is 4.74 Å². The molecule has 0 atom stereocenters. The number of ketones is 1. The van der Waals surface area contributed by atoms with Crippen LogP contribution in [0.15, 0.2) is 23.0 Å². The zero-order chi connectivity index (χ0) is 9.68. The predicted octanol–water partition coefficient (Wildman–Crippen LogP) is 0.954. The van der Waals surface area contributed by atoms with Crippen LogP contribution in [0.5, 0.6) is 0 Å². The van der Waals surface area contributed by atoms with E-state index in [0.717, 1.165) is 0 Å². The molecule has 70 valence electrons. The molecule has 4 heteroatoms. The fourth-order valence-electron chi connectivity index (χ4n) is 0.862. The van der Waals surface area contributed by atoms with E-state index < -0.39 is 11.8 Å². The molecule has 13 heavy (non-hydrogen) atoms. The molecule has 0 saturated heterocycles. The summed E-state index contributed by atoms with van der Waals surface area (Å²) in [6, 6.07) is 1.64. The number of furan rings is 1. The molecule has 0 amide bonds. The highest BCUT2D eigenvalue weighted by atomic mass is 16.5. The first-order valence-electron chi connectivity index (χ1n) is 3.95. The van der Waals surface area contributed by atoms with E-state index in [9.17, 15) is 9.59 Å². The first-order chi connectivity index (χ1) is 6.24. The Morgan fingerprint density at radius 1 is 1.54 bits per heavy atom. The Kier molecular flexibility index (Phi) is 3.25. The van der Waals surface area contributed by atoms with Gasteiger partial charge in [-0.1, -0.05) is 0 Å². The highest BCUT2D eigenvalue weighted by molar-refractivity contribution is 6.34. The smallest absolute Gasteiger partial charge is 0.374 e. The van der Waals surface area contributed by atoms with Crippen molar-refractivity contribution in [2.24, 2.45) is 0 Å². The molecule has 1 aromatic heterocycles.